The van der Waals surface area contributed by atoms with Crippen LogP contribution < -0.4 is 11.1 Å². The molecule has 20 heavy (non-hydrogen) atoms. The van der Waals surface area contributed by atoms with Crippen LogP contribution in [0.3, 0.4) is 0 Å². The van der Waals surface area contributed by atoms with Crippen molar-refractivity contribution in [2.75, 3.05) is 0 Å². The zero-order valence-corrected chi connectivity index (χ0v) is 12.2. The van der Waals surface area contributed by atoms with Gasteiger partial charge >= 0.3 is 0 Å². The highest BCUT2D eigenvalue weighted by Crippen LogP contribution is 2.17. The molecule has 110 valence electrons. The summed E-state index contributed by atoms with van der Waals surface area (Å²) in [6, 6.07) is 9.85. The van der Waals surface area contributed by atoms with Crippen molar-refractivity contribution in [2.45, 2.75) is 63.5 Å². The topological polar surface area (TPSA) is 55.1 Å². The summed E-state index contributed by atoms with van der Waals surface area (Å²) in [5.74, 6) is -0.000531. The van der Waals surface area contributed by atoms with E-state index in [1.54, 1.807) is 0 Å². The van der Waals surface area contributed by atoms with Crippen LogP contribution in [0.1, 0.15) is 50.5 Å². The number of benzene rings is 1. The molecule has 1 aromatic carbocycles. The molecule has 0 aromatic heterocycles. The lowest BCUT2D eigenvalue weighted by Gasteiger charge is -2.23. The summed E-state index contributed by atoms with van der Waals surface area (Å²) in [4.78, 5) is 12.2. The van der Waals surface area contributed by atoms with Crippen molar-refractivity contribution in [3.63, 3.8) is 0 Å². The molecule has 1 aliphatic carbocycles. The van der Waals surface area contributed by atoms with E-state index in [-0.39, 0.29) is 5.91 Å². The largest absolute Gasteiger partial charge is 0.352 e. The molecule has 1 atom stereocenters. The Balaban J connectivity index is 1.80. The molecule has 1 aliphatic rings. The molecule has 0 heterocycles. The number of carbonyl (C=O) groups excluding carboxylic acids is 1. The van der Waals surface area contributed by atoms with Gasteiger partial charge in [-0.15, -0.1) is 0 Å². The van der Waals surface area contributed by atoms with E-state index in [0.717, 1.165) is 18.4 Å². The minimum absolute atomic E-state index is 0.000531. The van der Waals surface area contributed by atoms with E-state index in [2.05, 4.69) is 5.32 Å². The summed E-state index contributed by atoms with van der Waals surface area (Å²) in [6.45, 7) is 0. The Kier molecular flexibility index (Phi) is 6.06. The maximum absolute atomic E-state index is 12.2. The summed E-state index contributed by atoms with van der Waals surface area (Å²) >= 11 is 0. The molecular formula is C17H26N2O. The van der Waals surface area contributed by atoms with Gasteiger partial charge in [0, 0.05) is 6.04 Å². The molecule has 1 amide bonds. The second-order valence-electron chi connectivity index (χ2n) is 5.85. The van der Waals surface area contributed by atoms with Crippen molar-refractivity contribution in [3.05, 3.63) is 35.9 Å². The fourth-order valence-corrected chi connectivity index (χ4v) is 2.87. The molecule has 0 bridgehead atoms. The molecule has 1 aromatic rings. The number of nitrogens with one attached hydrogen (secondary N) is 1. The van der Waals surface area contributed by atoms with Gasteiger partial charge in [0.05, 0.1) is 6.04 Å². The second-order valence-corrected chi connectivity index (χ2v) is 5.85. The van der Waals surface area contributed by atoms with Crippen LogP contribution in [0.15, 0.2) is 30.3 Å². The van der Waals surface area contributed by atoms with Gasteiger partial charge in [0.25, 0.3) is 0 Å². The highest BCUT2D eigenvalue weighted by molar-refractivity contribution is 5.82. The predicted molar refractivity (Wildman–Crippen MR) is 82.4 cm³/mol. The number of amides is 1. The number of nitrogens with two attached hydrogens (primary N) is 1. The third-order valence-corrected chi connectivity index (χ3v) is 4.09. The van der Waals surface area contributed by atoms with Crippen molar-refractivity contribution >= 4 is 5.91 Å². The van der Waals surface area contributed by atoms with Gasteiger partial charge in [-0.1, -0.05) is 62.4 Å². The van der Waals surface area contributed by atoms with E-state index in [4.69, 9.17) is 5.73 Å². The molecule has 2 rings (SSSR count). The van der Waals surface area contributed by atoms with E-state index < -0.39 is 6.04 Å². The van der Waals surface area contributed by atoms with Crippen LogP contribution in [-0.2, 0) is 11.2 Å². The Labute approximate surface area is 121 Å². The number of hydrogen-bond acceptors (Lipinski definition) is 2. The van der Waals surface area contributed by atoms with E-state index >= 15 is 0 Å². The Bertz CT molecular complexity index is 397. The lowest BCUT2D eigenvalue weighted by molar-refractivity contribution is -0.123. The minimum atomic E-state index is -0.442. The predicted octanol–water partition coefficient (Wildman–Crippen LogP) is 2.79. The van der Waals surface area contributed by atoms with Crippen LogP contribution in [0.25, 0.3) is 0 Å². The van der Waals surface area contributed by atoms with Crippen LogP contribution in [0.4, 0.5) is 0 Å². The first-order chi connectivity index (χ1) is 9.75. The fourth-order valence-electron chi connectivity index (χ4n) is 2.87. The number of hydrogen-bond donors (Lipinski definition) is 2. The maximum Gasteiger partial charge on any atom is 0.237 e. The average Bonchev–Trinajstić information content (AvgIpc) is 2.42. The molecule has 0 radical (unpaired) electrons. The van der Waals surface area contributed by atoms with Crippen LogP contribution in [-0.4, -0.2) is 18.0 Å². The first kappa shape index (κ1) is 15.0. The van der Waals surface area contributed by atoms with E-state index in [9.17, 15) is 4.79 Å². The normalized spacial score (nSPS) is 18.9. The lowest BCUT2D eigenvalue weighted by atomic mass is 9.96. The van der Waals surface area contributed by atoms with E-state index in [0.29, 0.717) is 12.5 Å². The number of rotatable bonds is 4. The monoisotopic (exact) mass is 274 g/mol. The molecule has 0 unspecified atom stereocenters. The first-order valence-corrected chi connectivity index (χ1v) is 7.85. The Hall–Kier alpha value is -1.35. The van der Waals surface area contributed by atoms with Gasteiger partial charge in [-0.25, -0.2) is 0 Å². The van der Waals surface area contributed by atoms with Crippen LogP contribution in [0.5, 0.6) is 0 Å². The Morgan fingerprint density at radius 1 is 1.10 bits per heavy atom. The van der Waals surface area contributed by atoms with Gasteiger partial charge in [-0.3, -0.25) is 4.79 Å². The summed E-state index contributed by atoms with van der Waals surface area (Å²) in [5.41, 5.74) is 7.14. The van der Waals surface area contributed by atoms with Crippen LogP contribution in [0, 0.1) is 0 Å². The summed E-state index contributed by atoms with van der Waals surface area (Å²) in [5, 5.41) is 3.14. The smallest absolute Gasteiger partial charge is 0.237 e. The highest BCUT2D eigenvalue weighted by Gasteiger charge is 2.18. The van der Waals surface area contributed by atoms with E-state index in [1.165, 1.54) is 32.1 Å². The van der Waals surface area contributed by atoms with Crippen molar-refractivity contribution in [3.8, 4) is 0 Å². The van der Waals surface area contributed by atoms with Gasteiger partial charge in [-0.2, -0.15) is 0 Å². The Morgan fingerprint density at radius 3 is 2.35 bits per heavy atom. The van der Waals surface area contributed by atoms with Crippen molar-refractivity contribution < 1.29 is 4.79 Å². The van der Waals surface area contributed by atoms with Crippen molar-refractivity contribution in [2.24, 2.45) is 5.73 Å². The fraction of sp³-hybridized carbons (Fsp3) is 0.588. The molecular weight excluding hydrogens is 248 g/mol. The SMILES string of the molecule is N[C@@H](Cc1ccccc1)C(=O)NC1CCCCCCC1. The molecule has 0 aliphatic heterocycles. The zero-order valence-electron chi connectivity index (χ0n) is 12.2. The second kappa shape index (κ2) is 8.05. The average molecular weight is 274 g/mol. The third kappa shape index (κ3) is 4.97. The maximum atomic E-state index is 12.2. The summed E-state index contributed by atoms with van der Waals surface area (Å²) in [7, 11) is 0. The van der Waals surface area contributed by atoms with Crippen molar-refractivity contribution in [1.82, 2.24) is 5.32 Å². The molecule has 3 heteroatoms. The zero-order chi connectivity index (χ0) is 14.2. The third-order valence-electron chi connectivity index (χ3n) is 4.09. The lowest BCUT2D eigenvalue weighted by Crippen LogP contribution is -2.46. The first-order valence-electron chi connectivity index (χ1n) is 7.85. The molecule has 0 saturated heterocycles. The summed E-state index contributed by atoms with van der Waals surface area (Å²) < 4.78 is 0. The van der Waals surface area contributed by atoms with Gasteiger partial charge in [0.1, 0.15) is 0 Å². The standard InChI is InChI=1S/C17H26N2O/c18-16(13-14-9-5-4-6-10-14)17(20)19-15-11-7-2-1-3-8-12-15/h4-6,9-10,15-16H,1-3,7-8,11-13,18H2,(H,19,20)/t16-/m0/s1. The van der Waals surface area contributed by atoms with Gasteiger partial charge < -0.3 is 11.1 Å². The molecule has 1 fully saturated rings. The van der Waals surface area contributed by atoms with Gasteiger partial charge in [0.15, 0.2) is 0 Å². The Morgan fingerprint density at radius 2 is 1.70 bits per heavy atom. The van der Waals surface area contributed by atoms with Gasteiger partial charge in [-0.05, 0) is 24.8 Å². The summed E-state index contributed by atoms with van der Waals surface area (Å²) in [6.07, 6.45) is 9.18. The van der Waals surface area contributed by atoms with Crippen molar-refractivity contribution in [1.29, 1.82) is 0 Å². The quantitative estimate of drug-likeness (QED) is 0.887. The van der Waals surface area contributed by atoms with Gasteiger partial charge in [0.2, 0.25) is 5.91 Å². The number of carbonyl (C=O) groups is 1. The van der Waals surface area contributed by atoms with E-state index in [1.807, 2.05) is 30.3 Å². The van der Waals surface area contributed by atoms with Crippen LogP contribution in [0.2, 0.25) is 0 Å². The molecule has 3 nitrogen and oxygen atoms in total. The highest BCUT2D eigenvalue weighted by atomic mass is 16.2. The minimum Gasteiger partial charge on any atom is -0.352 e. The molecule has 3 N–H and O–H groups in total. The molecule has 1 saturated carbocycles. The van der Waals surface area contributed by atoms with Crippen LogP contribution >= 0.6 is 0 Å². The molecule has 0 spiro atoms.